The number of carboxylic acid groups (broad SMARTS) is 1. The van der Waals surface area contributed by atoms with Gasteiger partial charge in [-0.3, -0.25) is 4.79 Å². The summed E-state index contributed by atoms with van der Waals surface area (Å²) in [5, 5.41) is 13.8. The molecule has 7 heteroatoms. The van der Waals surface area contributed by atoms with Crippen molar-refractivity contribution >= 4 is 29.3 Å². The molecule has 1 aromatic heterocycles. The molecule has 1 heterocycles. The van der Waals surface area contributed by atoms with Gasteiger partial charge < -0.3 is 14.9 Å². The summed E-state index contributed by atoms with van der Waals surface area (Å²) in [6.07, 6.45) is 5.34. The second-order valence-corrected chi connectivity index (χ2v) is 8.84. The molecule has 0 amide bonds. The maximum atomic E-state index is 12.6. The molecule has 2 aromatic carbocycles. The summed E-state index contributed by atoms with van der Waals surface area (Å²) in [7, 11) is 7.96. The van der Waals surface area contributed by atoms with Gasteiger partial charge in [-0.15, -0.1) is 0 Å². The van der Waals surface area contributed by atoms with Crippen LogP contribution < -0.4 is 9.80 Å². The number of benzene rings is 2. The van der Waals surface area contributed by atoms with Crippen molar-refractivity contribution in [1.29, 1.82) is 0 Å². The molecule has 0 unspecified atom stereocenters. The van der Waals surface area contributed by atoms with Crippen LogP contribution in [-0.4, -0.2) is 55.0 Å². The van der Waals surface area contributed by atoms with Gasteiger partial charge in [-0.1, -0.05) is 43.0 Å². The summed E-state index contributed by atoms with van der Waals surface area (Å²) in [4.78, 5) is 28.6. The zero-order valence-electron chi connectivity index (χ0n) is 19.8. The van der Waals surface area contributed by atoms with Crippen molar-refractivity contribution in [3.63, 3.8) is 0 Å². The molecule has 0 radical (unpaired) electrons. The first kappa shape index (κ1) is 23.0. The molecule has 7 nitrogen and oxygen atoms in total. The molecule has 0 saturated heterocycles. The van der Waals surface area contributed by atoms with Gasteiger partial charge in [-0.05, 0) is 41.5 Å². The molecule has 0 aliphatic heterocycles. The molecule has 1 aliphatic carbocycles. The Morgan fingerprint density at radius 2 is 1.59 bits per heavy atom. The summed E-state index contributed by atoms with van der Waals surface area (Å²) < 4.78 is 1.18. The van der Waals surface area contributed by atoms with Crippen LogP contribution >= 0.6 is 0 Å². The van der Waals surface area contributed by atoms with Gasteiger partial charge in [0.25, 0.3) is 5.91 Å². The van der Waals surface area contributed by atoms with E-state index in [-0.39, 0.29) is 5.69 Å². The van der Waals surface area contributed by atoms with E-state index in [9.17, 15) is 14.7 Å². The normalized spacial score (nSPS) is 13.8. The summed E-state index contributed by atoms with van der Waals surface area (Å²) in [5.41, 5.74) is 4.38. The molecule has 0 saturated carbocycles. The van der Waals surface area contributed by atoms with E-state index >= 15 is 0 Å². The van der Waals surface area contributed by atoms with Gasteiger partial charge in [0.2, 0.25) is 0 Å². The van der Waals surface area contributed by atoms with Gasteiger partial charge in [-0.2, -0.15) is 9.78 Å². The molecule has 3 aromatic rings. The standard InChI is InChI=1S/C27H28N4O3/c1-6-24(32)31-23-17-27(14-13-22(23)25(28-31)26(33)34,18-9-7-11-20(15-18)29(2)3)19-10-8-12-21(16-19)30(4)5/h6-16H,1,17H2,2-5H3,(H,33,34). The minimum Gasteiger partial charge on any atom is -0.476 e. The number of aromatic carboxylic acids is 1. The average Bonchev–Trinajstić information content (AvgIpc) is 3.22. The van der Waals surface area contributed by atoms with Crippen LogP contribution in [0.3, 0.4) is 0 Å². The van der Waals surface area contributed by atoms with Gasteiger partial charge in [-0.25, -0.2) is 4.79 Å². The van der Waals surface area contributed by atoms with E-state index in [1.807, 2.05) is 68.3 Å². The number of carbonyl (C=O) groups is 2. The van der Waals surface area contributed by atoms with Crippen molar-refractivity contribution in [3.05, 3.63) is 95.3 Å². The monoisotopic (exact) mass is 456 g/mol. The fourth-order valence-corrected chi connectivity index (χ4v) is 4.47. The van der Waals surface area contributed by atoms with E-state index in [0.29, 0.717) is 17.7 Å². The van der Waals surface area contributed by atoms with Crippen molar-refractivity contribution in [2.75, 3.05) is 38.0 Å². The topological polar surface area (TPSA) is 78.7 Å². The lowest BCUT2D eigenvalue weighted by Crippen LogP contribution is -2.33. The minimum absolute atomic E-state index is 0.140. The Morgan fingerprint density at radius 3 is 2.06 bits per heavy atom. The second-order valence-electron chi connectivity index (χ2n) is 8.84. The number of fused-ring (bicyclic) bond motifs is 1. The smallest absolute Gasteiger partial charge is 0.357 e. The van der Waals surface area contributed by atoms with Crippen molar-refractivity contribution in [2.45, 2.75) is 11.8 Å². The number of carboxylic acids is 1. The predicted octanol–water partition coefficient (Wildman–Crippen LogP) is 4.10. The largest absolute Gasteiger partial charge is 0.476 e. The first-order valence-corrected chi connectivity index (χ1v) is 10.9. The van der Waals surface area contributed by atoms with E-state index in [2.05, 4.69) is 35.9 Å². The number of aromatic nitrogens is 2. The number of hydrogen-bond donors (Lipinski definition) is 1. The Hall–Kier alpha value is -4.13. The van der Waals surface area contributed by atoms with E-state index in [1.165, 1.54) is 4.68 Å². The van der Waals surface area contributed by atoms with Gasteiger partial charge >= 0.3 is 5.97 Å². The average molecular weight is 457 g/mol. The van der Waals surface area contributed by atoms with Gasteiger partial charge in [0.1, 0.15) is 0 Å². The Morgan fingerprint density at radius 1 is 1.03 bits per heavy atom. The quantitative estimate of drug-likeness (QED) is 0.563. The van der Waals surface area contributed by atoms with E-state index in [0.717, 1.165) is 28.6 Å². The first-order chi connectivity index (χ1) is 16.2. The van der Waals surface area contributed by atoms with Crippen molar-refractivity contribution in [2.24, 2.45) is 0 Å². The lowest BCUT2D eigenvalue weighted by molar-refractivity contribution is 0.0689. The maximum Gasteiger partial charge on any atom is 0.357 e. The molecule has 0 fully saturated rings. The van der Waals surface area contributed by atoms with Crippen LogP contribution in [0.4, 0.5) is 11.4 Å². The Bertz CT molecular complexity index is 1270. The van der Waals surface area contributed by atoms with Crippen LogP contribution in [0.1, 0.15) is 37.7 Å². The molecule has 1 aliphatic rings. The van der Waals surface area contributed by atoms with Crippen LogP contribution in [0.5, 0.6) is 0 Å². The highest BCUT2D eigenvalue weighted by atomic mass is 16.4. The lowest BCUT2D eigenvalue weighted by Gasteiger charge is -2.36. The highest BCUT2D eigenvalue weighted by Gasteiger charge is 2.39. The third-order valence-electron chi connectivity index (χ3n) is 6.34. The number of rotatable bonds is 6. The number of allylic oxidation sites excluding steroid dienone is 2. The zero-order valence-corrected chi connectivity index (χ0v) is 19.8. The fraction of sp³-hybridized carbons (Fsp3) is 0.222. The SMILES string of the molecule is C=CC(=O)n1nc(C(=O)O)c2c1CC(c1cccc(N(C)C)c1)(c1cccc(N(C)C)c1)C=C2. The maximum absolute atomic E-state index is 12.6. The molecule has 34 heavy (non-hydrogen) atoms. The van der Waals surface area contributed by atoms with Crippen molar-refractivity contribution < 1.29 is 14.7 Å². The number of carbonyl (C=O) groups excluding carboxylic acids is 1. The third kappa shape index (κ3) is 3.79. The molecule has 174 valence electrons. The highest BCUT2D eigenvalue weighted by molar-refractivity contribution is 5.95. The molecule has 0 bridgehead atoms. The van der Waals surface area contributed by atoms with Gasteiger partial charge in [0, 0.05) is 57.0 Å². The summed E-state index contributed by atoms with van der Waals surface area (Å²) >= 11 is 0. The van der Waals surface area contributed by atoms with Gasteiger partial charge in [0.15, 0.2) is 5.69 Å². The molecular formula is C27H28N4O3. The lowest BCUT2D eigenvalue weighted by atomic mass is 9.68. The van der Waals surface area contributed by atoms with Crippen LogP contribution in [0.2, 0.25) is 0 Å². The second kappa shape index (κ2) is 8.67. The molecular weight excluding hydrogens is 428 g/mol. The number of hydrogen-bond acceptors (Lipinski definition) is 5. The first-order valence-electron chi connectivity index (χ1n) is 10.9. The molecule has 1 N–H and O–H groups in total. The molecule has 4 rings (SSSR count). The minimum atomic E-state index is -1.17. The Kier molecular flexibility index (Phi) is 5.87. The highest BCUT2D eigenvalue weighted by Crippen LogP contribution is 2.44. The van der Waals surface area contributed by atoms with Crippen LogP contribution in [0.15, 0.2) is 67.3 Å². The number of anilines is 2. The van der Waals surface area contributed by atoms with Crippen molar-refractivity contribution in [3.8, 4) is 0 Å². The van der Waals surface area contributed by atoms with Crippen molar-refractivity contribution in [1.82, 2.24) is 9.78 Å². The number of nitrogens with zero attached hydrogens (tertiary/aromatic N) is 4. The fourth-order valence-electron chi connectivity index (χ4n) is 4.47. The summed E-state index contributed by atoms with van der Waals surface area (Å²) in [6, 6.07) is 16.5. The Balaban J connectivity index is 2.00. The van der Waals surface area contributed by atoms with E-state index in [1.54, 1.807) is 6.08 Å². The van der Waals surface area contributed by atoms with Crippen LogP contribution in [0.25, 0.3) is 6.08 Å². The molecule has 0 spiro atoms. The Labute approximate surface area is 199 Å². The molecule has 0 atom stereocenters. The van der Waals surface area contributed by atoms with E-state index in [4.69, 9.17) is 0 Å². The predicted molar refractivity (Wildman–Crippen MR) is 135 cm³/mol. The summed E-state index contributed by atoms with van der Waals surface area (Å²) in [6.45, 7) is 3.57. The van der Waals surface area contributed by atoms with Gasteiger partial charge in [0.05, 0.1) is 5.69 Å². The zero-order chi connectivity index (χ0) is 24.6. The third-order valence-corrected chi connectivity index (χ3v) is 6.34. The summed E-state index contributed by atoms with van der Waals surface area (Å²) in [5.74, 6) is -1.63. The van der Waals surface area contributed by atoms with Crippen LogP contribution in [-0.2, 0) is 11.8 Å². The van der Waals surface area contributed by atoms with Crippen LogP contribution in [0, 0.1) is 0 Å². The van der Waals surface area contributed by atoms with E-state index < -0.39 is 17.3 Å².